The lowest BCUT2D eigenvalue weighted by Crippen LogP contribution is -2.57. The number of allylic oxidation sites excluding steroid dienone is 1. The molecule has 5 aliphatic rings. The molecule has 0 aliphatic carbocycles. The summed E-state index contributed by atoms with van der Waals surface area (Å²) in [5.74, 6) is -3.72. The largest absolute Gasteiger partial charge is 0.463 e. The number of rotatable bonds is 7. The minimum absolute atomic E-state index is 0.0968. The quantitative estimate of drug-likeness (QED) is 0.322. The summed E-state index contributed by atoms with van der Waals surface area (Å²) < 4.78 is 18.5. The number of hydrogen-bond acceptors (Lipinski definition) is 9. The van der Waals surface area contributed by atoms with Crippen LogP contribution in [0.4, 0.5) is 0 Å². The van der Waals surface area contributed by atoms with Gasteiger partial charge in [0.25, 0.3) is 0 Å². The van der Waals surface area contributed by atoms with Crippen LogP contribution in [0.2, 0.25) is 0 Å². The number of benzene rings is 2. The number of morpholine rings is 1. The summed E-state index contributed by atoms with van der Waals surface area (Å²) in [5.41, 5.74) is -0.0857. The zero-order valence-electron chi connectivity index (χ0n) is 28.3. The monoisotopic (exact) mass is 762 g/mol. The van der Waals surface area contributed by atoms with Crippen LogP contribution in [0.5, 0.6) is 0 Å². The molecule has 0 radical (unpaired) electrons. The number of likely N-dealkylation sites (tertiary alicyclic amines) is 1. The lowest BCUT2D eigenvalue weighted by molar-refractivity contribution is -0.151. The zero-order valence-corrected chi connectivity index (χ0v) is 29.9. The van der Waals surface area contributed by atoms with Gasteiger partial charge in [-0.1, -0.05) is 88.7 Å². The summed E-state index contributed by atoms with van der Waals surface area (Å²) in [7, 11) is 0. The van der Waals surface area contributed by atoms with E-state index in [1.807, 2.05) is 72.8 Å². The molecule has 5 aliphatic heterocycles. The molecule has 7 rings (SSSR count). The SMILES string of the molecule is O=C1CC/C=C\CN(CCN2CCOCC2)C(=O)[C@H]2N([C@H](CO)c3ccccc3)C(=O)[C@@H]3[C@@H](C(=O)N[C@@H](c4ccccc4)CO1)[C@@H]1O[C@@]32C=C1Br. The second-order valence-electron chi connectivity index (χ2n) is 13.6. The van der Waals surface area contributed by atoms with Gasteiger partial charge >= 0.3 is 5.97 Å². The number of carbonyl (C=O) groups excluding carboxylic acids is 4. The van der Waals surface area contributed by atoms with E-state index in [1.165, 1.54) is 4.90 Å². The van der Waals surface area contributed by atoms with Crippen molar-refractivity contribution in [2.24, 2.45) is 11.8 Å². The summed E-state index contributed by atoms with van der Waals surface area (Å²) in [4.78, 5) is 62.8. The number of aliphatic hydroxyl groups excluding tert-OH is 1. The maximum absolute atomic E-state index is 15.2. The molecular weight excluding hydrogens is 720 g/mol. The summed E-state index contributed by atoms with van der Waals surface area (Å²) in [5, 5.41) is 14.0. The normalized spacial score (nSPS) is 31.6. The second kappa shape index (κ2) is 15.4. The van der Waals surface area contributed by atoms with E-state index < -0.39 is 66.1 Å². The van der Waals surface area contributed by atoms with Gasteiger partial charge in [-0.25, -0.2) is 0 Å². The van der Waals surface area contributed by atoms with Gasteiger partial charge in [0.1, 0.15) is 24.4 Å². The highest BCUT2D eigenvalue weighted by Crippen LogP contribution is 2.60. The van der Waals surface area contributed by atoms with Crippen LogP contribution in [-0.4, -0.2) is 120 Å². The van der Waals surface area contributed by atoms with E-state index >= 15 is 4.79 Å². The van der Waals surface area contributed by atoms with E-state index in [9.17, 15) is 19.5 Å². The molecule has 0 aromatic heterocycles. The molecule has 0 unspecified atom stereocenters. The van der Waals surface area contributed by atoms with Crippen LogP contribution in [0.1, 0.15) is 36.1 Å². The smallest absolute Gasteiger partial charge is 0.306 e. The molecule has 3 saturated heterocycles. The topological polar surface area (TPSA) is 138 Å². The van der Waals surface area contributed by atoms with Gasteiger partial charge in [0.15, 0.2) is 0 Å². The Labute approximate surface area is 305 Å². The molecule has 2 N–H and O–H groups in total. The van der Waals surface area contributed by atoms with E-state index in [-0.39, 0.29) is 25.5 Å². The summed E-state index contributed by atoms with van der Waals surface area (Å²) in [6.07, 6.45) is 5.21. The van der Waals surface area contributed by atoms with E-state index in [0.717, 1.165) is 18.7 Å². The molecule has 51 heavy (non-hydrogen) atoms. The van der Waals surface area contributed by atoms with Crippen molar-refractivity contribution in [2.45, 2.75) is 42.7 Å². The highest BCUT2D eigenvalue weighted by Gasteiger charge is 2.75. The first-order valence-corrected chi connectivity index (χ1v) is 18.4. The molecule has 7 atom stereocenters. The third kappa shape index (κ3) is 6.89. The molecule has 5 heterocycles. The number of halogens is 1. The lowest BCUT2D eigenvalue weighted by atomic mass is 9.74. The van der Waals surface area contributed by atoms with Gasteiger partial charge in [-0.05, 0) is 23.6 Å². The van der Waals surface area contributed by atoms with Crippen molar-refractivity contribution in [1.82, 2.24) is 20.0 Å². The number of esters is 1. The first kappa shape index (κ1) is 35.5. The third-order valence-electron chi connectivity index (χ3n) is 10.6. The molecule has 1 spiro atoms. The predicted octanol–water partition coefficient (Wildman–Crippen LogP) is 2.50. The zero-order chi connectivity index (χ0) is 35.5. The van der Waals surface area contributed by atoms with Crippen LogP contribution in [0.3, 0.4) is 0 Å². The first-order valence-electron chi connectivity index (χ1n) is 17.6. The third-order valence-corrected chi connectivity index (χ3v) is 11.3. The van der Waals surface area contributed by atoms with Crippen LogP contribution in [0.15, 0.2) is 83.4 Å². The number of nitrogens with one attached hydrogen (secondary N) is 1. The van der Waals surface area contributed by atoms with Crippen molar-refractivity contribution < 1.29 is 38.5 Å². The maximum atomic E-state index is 15.2. The minimum atomic E-state index is -1.48. The Hall–Kier alpha value is -3.88. The van der Waals surface area contributed by atoms with Gasteiger partial charge in [0, 0.05) is 43.6 Å². The Kier molecular flexibility index (Phi) is 10.7. The molecule has 12 nitrogen and oxygen atoms in total. The molecule has 13 heteroatoms. The molecule has 270 valence electrons. The fourth-order valence-corrected chi connectivity index (χ4v) is 8.83. The fourth-order valence-electron chi connectivity index (χ4n) is 8.10. The van der Waals surface area contributed by atoms with Crippen molar-refractivity contribution in [2.75, 3.05) is 59.2 Å². The van der Waals surface area contributed by atoms with Gasteiger partial charge < -0.3 is 34.4 Å². The van der Waals surface area contributed by atoms with Gasteiger partial charge in [0.2, 0.25) is 17.7 Å². The summed E-state index contributed by atoms with van der Waals surface area (Å²) in [6.45, 7) is 3.32. The lowest BCUT2D eigenvalue weighted by Gasteiger charge is -2.39. The summed E-state index contributed by atoms with van der Waals surface area (Å²) in [6, 6.07) is 15.6. The average Bonchev–Trinajstić information content (AvgIpc) is 3.75. The summed E-state index contributed by atoms with van der Waals surface area (Å²) >= 11 is 3.63. The molecule has 3 fully saturated rings. The Bertz CT molecular complexity index is 1670. The van der Waals surface area contributed by atoms with Crippen LogP contribution in [0.25, 0.3) is 0 Å². The van der Waals surface area contributed by atoms with Gasteiger partial charge in [-0.2, -0.15) is 0 Å². The van der Waals surface area contributed by atoms with Crippen molar-refractivity contribution >= 4 is 39.6 Å². The van der Waals surface area contributed by atoms with Crippen molar-refractivity contribution in [1.29, 1.82) is 0 Å². The Morgan fingerprint density at radius 2 is 1.67 bits per heavy atom. The van der Waals surface area contributed by atoms with E-state index in [1.54, 1.807) is 11.0 Å². The van der Waals surface area contributed by atoms with Crippen LogP contribution in [-0.2, 0) is 33.4 Å². The average molecular weight is 764 g/mol. The number of cyclic esters (lactones) is 1. The molecule has 3 amide bonds. The molecular formula is C38H43BrN4O8. The first-order chi connectivity index (χ1) is 24.8. The second-order valence-corrected chi connectivity index (χ2v) is 14.5. The molecule has 2 aromatic rings. The van der Waals surface area contributed by atoms with Gasteiger partial charge in [-0.3, -0.25) is 24.1 Å². The number of ether oxygens (including phenoxy) is 3. The fraction of sp³-hybridized carbons (Fsp3) is 0.474. The Morgan fingerprint density at radius 1 is 0.941 bits per heavy atom. The number of carbonyl (C=O) groups is 4. The number of aliphatic hydroxyl groups is 1. The number of nitrogens with zero attached hydrogens (tertiary/aromatic N) is 3. The number of hydrogen-bond donors (Lipinski definition) is 2. The Morgan fingerprint density at radius 3 is 2.39 bits per heavy atom. The van der Waals surface area contributed by atoms with Gasteiger partial charge in [0.05, 0.1) is 43.7 Å². The van der Waals surface area contributed by atoms with E-state index in [2.05, 4.69) is 26.1 Å². The maximum Gasteiger partial charge on any atom is 0.306 e. The van der Waals surface area contributed by atoms with Crippen molar-refractivity contribution in [3.63, 3.8) is 0 Å². The standard InChI is InChI=1S/C38H43BrN4O8/c39-27-22-38-32-31(33(27)51-38)35(46)40-28(25-10-4-1-5-11-25)24-50-30(45)14-8-3-9-15-42(17-16-41-18-20-49-21-19-41)37(48)34(38)43(36(32)47)29(23-44)26-12-6-2-7-13-26/h1-7,9-13,22,28-29,31-34,44H,8,14-21,23-24H2,(H,40,46)/b9-3-/t28-,29-,31-,32+,33-,34-,38+/m1/s1. The van der Waals surface area contributed by atoms with Gasteiger partial charge in [-0.15, -0.1) is 0 Å². The predicted molar refractivity (Wildman–Crippen MR) is 189 cm³/mol. The highest BCUT2D eigenvalue weighted by atomic mass is 79.9. The van der Waals surface area contributed by atoms with Crippen LogP contribution < -0.4 is 5.32 Å². The minimum Gasteiger partial charge on any atom is -0.463 e. The molecule has 2 aromatic carbocycles. The van der Waals surface area contributed by atoms with Crippen molar-refractivity contribution in [3.8, 4) is 0 Å². The van der Waals surface area contributed by atoms with Crippen LogP contribution in [0, 0.1) is 11.8 Å². The van der Waals surface area contributed by atoms with E-state index in [4.69, 9.17) is 14.2 Å². The Balaban J connectivity index is 1.31. The number of amides is 3. The molecule has 0 saturated carbocycles. The van der Waals surface area contributed by atoms with E-state index in [0.29, 0.717) is 42.8 Å². The highest BCUT2D eigenvalue weighted by molar-refractivity contribution is 9.11. The van der Waals surface area contributed by atoms with Crippen LogP contribution >= 0.6 is 15.9 Å². The number of fused-ring (bicyclic) bond motifs is 2. The van der Waals surface area contributed by atoms with Crippen molar-refractivity contribution in [3.05, 3.63) is 94.5 Å². The molecule has 5 bridgehead atoms.